The van der Waals surface area contributed by atoms with Gasteiger partial charge in [0.2, 0.25) is 12.2 Å². The van der Waals surface area contributed by atoms with Gasteiger partial charge in [0.15, 0.2) is 0 Å². The van der Waals surface area contributed by atoms with E-state index in [4.69, 9.17) is 26.1 Å². The third-order valence-electron chi connectivity index (χ3n) is 6.55. The summed E-state index contributed by atoms with van der Waals surface area (Å²) in [5.41, 5.74) is 0.986. The number of piperidine rings is 1. The van der Waals surface area contributed by atoms with Crippen LogP contribution in [0.25, 0.3) is 0 Å². The van der Waals surface area contributed by atoms with Crippen LogP contribution in [-0.2, 0) is 40.2 Å². The van der Waals surface area contributed by atoms with E-state index >= 15 is 0 Å². The molecular weight excluding hydrogens is 531 g/mol. The number of likely N-dealkylation sites (tertiary alicyclic amines) is 1. The molecule has 0 N–H and O–H groups in total. The fourth-order valence-corrected chi connectivity index (χ4v) is 5.70. The fraction of sp³-hybridized carbons (Fsp3) is 0.400. The van der Waals surface area contributed by atoms with Crippen molar-refractivity contribution in [1.29, 1.82) is 0 Å². The lowest BCUT2D eigenvalue weighted by molar-refractivity contribution is -0.155. The highest BCUT2D eigenvalue weighted by Crippen LogP contribution is 2.34. The molecule has 1 fully saturated rings. The highest BCUT2D eigenvalue weighted by atomic mass is 35.5. The monoisotopic (exact) mass is 553 g/mol. The van der Waals surface area contributed by atoms with Gasteiger partial charge in [0.05, 0.1) is 23.8 Å². The van der Waals surface area contributed by atoms with Crippen LogP contribution in [0, 0.1) is 0 Å². The van der Waals surface area contributed by atoms with Crippen molar-refractivity contribution in [3.05, 3.63) is 84.7 Å². The van der Waals surface area contributed by atoms with Crippen LogP contribution in [0.15, 0.2) is 46.7 Å². The SMILES string of the molecule is O=C(Cn1cc(C(F)(F)F)cc(Cl)c1=O)N1CCC(c2nc(C3OCc4ccccc4CO3)cs2)CC1. The number of carbonyl (C=O) groups excluding carboxylic acids is 1. The second-order valence-corrected chi connectivity index (χ2v) is 10.3. The lowest BCUT2D eigenvalue weighted by Crippen LogP contribution is -2.41. The summed E-state index contributed by atoms with van der Waals surface area (Å²) in [5.74, 6) is -0.299. The minimum atomic E-state index is -4.68. The van der Waals surface area contributed by atoms with Gasteiger partial charge < -0.3 is 18.9 Å². The number of hydrogen-bond acceptors (Lipinski definition) is 6. The highest BCUT2D eigenvalue weighted by molar-refractivity contribution is 7.09. The molecule has 0 aliphatic carbocycles. The van der Waals surface area contributed by atoms with Crippen molar-refractivity contribution in [2.24, 2.45) is 0 Å². The lowest BCUT2D eigenvalue weighted by Gasteiger charge is -2.31. The molecule has 7 nitrogen and oxygen atoms in total. The molecule has 0 atom stereocenters. The topological polar surface area (TPSA) is 73.7 Å². The maximum atomic E-state index is 13.1. The molecule has 0 saturated carbocycles. The first-order chi connectivity index (χ1) is 17.7. The smallest absolute Gasteiger partial charge is 0.342 e. The molecule has 1 saturated heterocycles. The summed E-state index contributed by atoms with van der Waals surface area (Å²) in [7, 11) is 0. The van der Waals surface area contributed by atoms with Crippen molar-refractivity contribution < 1.29 is 27.4 Å². The van der Waals surface area contributed by atoms with E-state index in [-0.39, 0.29) is 5.92 Å². The summed E-state index contributed by atoms with van der Waals surface area (Å²) in [4.78, 5) is 31.3. The van der Waals surface area contributed by atoms with Crippen LogP contribution in [0.1, 0.15) is 52.4 Å². The van der Waals surface area contributed by atoms with Crippen molar-refractivity contribution in [1.82, 2.24) is 14.5 Å². The minimum absolute atomic E-state index is 0.136. The number of benzene rings is 1. The van der Waals surface area contributed by atoms with Crippen LogP contribution in [0.3, 0.4) is 0 Å². The van der Waals surface area contributed by atoms with E-state index in [1.807, 2.05) is 29.6 Å². The largest absolute Gasteiger partial charge is 0.417 e. The maximum Gasteiger partial charge on any atom is 0.417 e. The van der Waals surface area contributed by atoms with Crippen molar-refractivity contribution in [3.8, 4) is 0 Å². The van der Waals surface area contributed by atoms with E-state index in [0.717, 1.165) is 20.7 Å². The van der Waals surface area contributed by atoms with Gasteiger partial charge in [-0.3, -0.25) is 9.59 Å². The number of fused-ring (bicyclic) bond motifs is 1. The van der Waals surface area contributed by atoms with Gasteiger partial charge in [0.25, 0.3) is 5.56 Å². The van der Waals surface area contributed by atoms with Crippen LogP contribution < -0.4 is 5.56 Å². The van der Waals surface area contributed by atoms with Gasteiger partial charge in [0.1, 0.15) is 17.3 Å². The molecule has 2 aliphatic heterocycles. The number of hydrogen-bond donors (Lipinski definition) is 0. The molecule has 2 aromatic heterocycles. The summed E-state index contributed by atoms with van der Waals surface area (Å²) >= 11 is 7.21. The predicted octanol–water partition coefficient (Wildman–Crippen LogP) is 5.13. The number of alkyl halides is 3. The van der Waals surface area contributed by atoms with E-state index in [1.165, 1.54) is 11.3 Å². The Balaban J connectivity index is 1.18. The molecule has 2 aliphatic rings. The molecular formula is C25H23ClF3N3O4S. The summed E-state index contributed by atoms with van der Waals surface area (Å²) in [5, 5.41) is 2.28. The minimum Gasteiger partial charge on any atom is -0.342 e. The Morgan fingerprint density at radius 3 is 2.41 bits per heavy atom. The van der Waals surface area contributed by atoms with Crippen molar-refractivity contribution >= 4 is 28.8 Å². The fourth-order valence-electron chi connectivity index (χ4n) is 4.48. The van der Waals surface area contributed by atoms with Crippen LogP contribution in [0.5, 0.6) is 0 Å². The van der Waals surface area contributed by atoms with E-state index in [0.29, 0.717) is 57.1 Å². The zero-order valence-electron chi connectivity index (χ0n) is 19.5. The Labute approximate surface area is 219 Å². The van der Waals surface area contributed by atoms with E-state index in [9.17, 15) is 22.8 Å². The lowest BCUT2D eigenvalue weighted by atomic mass is 9.97. The molecule has 0 unspecified atom stereocenters. The standard InChI is InChI=1S/C25H23ClF3N3O4S/c26-19-9-18(25(27,28)29)10-32(23(19)34)11-21(33)31-7-5-15(6-8-31)22-30-20(14-37-22)24-35-12-16-3-1-2-4-17(16)13-36-24/h1-4,9-10,14-15,24H,5-8,11-13H2. The molecule has 0 radical (unpaired) electrons. The molecule has 3 aromatic rings. The Morgan fingerprint density at radius 1 is 1.14 bits per heavy atom. The van der Waals surface area contributed by atoms with Crippen LogP contribution >= 0.6 is 22.9 Å². The third kappa shape index (κ3) is 5.74. The summed E-state index contributed by atoms with van der Waals surface area (Å²) in [6.07, 6.45) is -3.31. The number of amides is 1. The number of carbonyl (C=O) groups is 1. The normalized spacial score (nSPS) is 17.5. The number of halogens is 4. The van der Waals surface area contributed by atoms with E-state index < -0.39 is 41.1 Å². The average Bonchev–Trinajstić information content (AvgIpc) is 3.27. The molecule has 1 aromatic carbocycles. The number of rotatable bonds is 4. The number of pyridine rings is 1. The molecule has 12 heteroatoms. The molecule has 0 bridgehead atoms. The first-order valence-corrected chi connectivity index (χ1v) is 12.9. The quantitative estimate of drug-likeness (QED) is 0.448. The van der Waals surface area contributed by atoms with Gasteiger partial charge in [-0.1, -0.05) is 35.9 Å². The Kier molecular flexibility index (Phi) is 7.39. The van der Waals surface area contributed by atoms with Crippen molar-refractivity contribution in [2.45, 2.75) is 51.0 Å². The van der Waals surface area contributed by atoms with Gasteiger partial charge in [-0.2, -0.15) is 13.2 Å². The Bertz CT molecular complexity index is 1320. The Hall–Kier alpha value is -2.73. The first kappa shape index (κ1) is 25.9. The zero-order valence-corrected chi connectivity index (χ0v) is 21.1. The van der Waals surface area contributed by atoms with Crippen molar-refractivity contribution in [3.63, 3.8) is 0 Å². The number of aromatic nitrogens is 2. The van der Waals surface area contributed by atoms with Gasteiger partial charge >= 0.3 is 6.18 Å². The summed E-state index contributed by atoms with van der Waals surface area (Å²) in [6.45, 7) is 1.19. The van der Waals surface area contributed by atoms with Gasteiger partial charge in [-0.15, -0.1) is 11.3 Å². The van der Waals surface area contributed by atoms with Gasteiger partial charge in [-0.25, -0.2) is 4.98 Å². The maximum absolute atomic E-state index is 13.1. The predicted molar refractivity (Wildman–Crippen MR) is 130 cm³/mol. The van der Waals surface area contributed by atoms with Crippen molar-refractivity contribution in [2.75, 3.05) is 13.1 Å². The second kappa shape index (κ2) is 10.6. The highest BCUT2D eigenvalue weighted by Gasteiger charge is 2.33. The van der Waals surface area contributed by atoms with E-state index in [2.05, 4.69) is 0 Å². The van der Waals surface area contributed by atoms with E-state index in [1.54, 1.807) is 4.90 Å². The summed E-state index contributed by atoms with van der Waals surface area (Å²) < 4.78 is 51.8. The number of thiazole rings is 1. The molecule has 196 valence electrons. The molecule has 4 heterocycles. The third-order valence-corrected chi connectivity index (χ3v) is 7.85. The molecule has 0 spiro atoms. The molecule has 37 heavy (non-hydrogen) atoms. The van der Waals surface area contributed by atoms with Crippen LogP contribution in [0.2, 0.25) is 5.02 Å². The zero-order chi connectivity index (χ0) is 26.2. The second-order valence-electron chi connectivity index (χ2n) is 9.00. The van der Waals surface area contributed by atoms with Gasteiger partial charge in [0, 0.05) is 30.6 Å². The first-order valence-electron chi connectivity index (χ1n) is 11.7. The average molecular weight is 554 g/mol. The van der Waals surface area contributed by atoms with Gasteiger partial charge in [-0.05, 0) is 30.0 Å². The molecule has 5 rings (SSSR count). The number of nitrogens with zero attached hydrogens (tertiary/aromatic N) is 3. The molecule has 1 amide bonds. The van der Waals surface area contributed by atoms with Crippen LogP contribution in [0.4, 0.5) is 13.2 Å². The Morgan fingerprint density at radius 2 is 1.78 bits per heavy atom. The van der Waals surface area contributed by atoms with Crippen LogP contribution in [-0.4, -0.2) is 33.4 Å². The number of ether oxygens (including phenoxy) is 2. The summed E-state index contributed by atoms with van der Waals surface area (Å²) in [6, 6.07) is 8.53.